The van der Waals surface area contributed by atoms with Crippen molar-refractivity contribution in [2.24, 2.45) is 0 Å². The number of halogens is 2. The zero-order chi connectivity index (χ0) is 9.26. The molecule has 1 N–H and O–H groups in total. The Hall–Kier alpha value is -0.960. The second kappa shape index (κ2) is 3.42. The van der Waals surface area contributed by atoms with Gasteiger partial charge in [-0.2, -0.15) is 0 Å². The van der Waals surface area contributed by atoms with Crippen molar-refractivity contribution in [2.45, 2.75) is 18.9 Å². The van der Waals surface area contributed by atoms with Crippen LogP contribution < -0.4 is 5.32 Å². The molecule has 0 aromatic heterocycles. The molecule has 1 atom stereocenters. The molecule has 13 heavy (non-hydrogen) atoms. The molecule has 0 aliphatic carbocycles. The summed E-state index contributed by atoms with van der Waals surface area (Å²) < 4.78 is 25.8. The molecule has 1 aliphatic heterocycles. The molecule has 1 aromatic rings. The van der Waals surface area contributed by atoms with Gasteiger partial charge in [-0.25, -0.2) is 8.78 Å². The van der Waals surface area contributed by atoms with Crippen LogP contribution in [0.5, 0.6) is 0 Å². The minimum absolute atomic E-state index is 0.310. The molecule has 1 saturated heterocycles. The van der Waals surface area contributed by atoms with Crippen LogP contribution >= 0.6 is 0 Å². The van der Waals surface area contributed by atoms with Gasteiger partial charge < -0.3 is 5.32 Å². The molecule has 2 rings (SSSR count). The minimum atomic E-state index is -0.365. The van der Waals surface area contributed by atoms with Crippen LogP contribution in [0, 0.1) is 11.6 Å². The molecule has 1 unspecified atom stereocenters. The predicted molar refractivity (Wildman–Crippen MR) is 46.5 cm³/mol. The highest BCUT2D eigenvalue weighted by Gasteiger charge is 2.18. The largest absolute Gasteiger partial charge is 0.314 e. The van der Waals surface area contributed by atoms with E-state index in [-0.39, 0.29) is 11.6 Å². The van der Waals surface area contributed by atoms with Gasteiger partial charge in [-0.3, -0.25) is 0 Å². The van der Waals surface area contributed by atoms with Crippen LogP contribution in [-0.4, -0.2) is 12.6 Å². The first-order valence-electron chi connectivity index (χ1n) is 4.43. The molecule has 3 heteroatoms. The Balaban J connectivity index is 2.13. The second-order valence-electron chi connectivity index (χ2n) is 3.38. The lowest BCUT2D eigenvalue weighted by atomic mass is 9.98. The Morgan fingerprint density at radius 1 is 1.38 bits per heavy atom. The second-order valence-corrected chi connectivity index (χ2v) is 3.38. The Kier molecular flexibility index (Phi) is 2.27. The summed E-state index contributed by atoms with van der Waals surface area (Å²) in [4.78, 5) is 0. The minimum Gasteiger partial charge on any atom is -0.314 e. The predicted octanol–water partition coefficient (Wildman–Crippen LogP) is 1.87. The van der Waals surface area contributed by atoms with Gasteiger partial charge in [-0.15, -0.1) is 0 Å². The van der Waals surface area contributed by atoms with Gasteiger partial charge in [0.15, 0.2) is 0 Å². The molecule has 1 fully saturated rings. The Labute approximate surface area is 75.8 Å². The first-order valence-corrected chi connectivity index (χ1v) is 4.43. The summed E-state index contributed by atoms with van der Waals surface area (Å²) in [5, 5.41) is 3.15. The Bertz CT molecular complexity index is 308. The van der Waals surface area contributed by atoms with Gasteiger partial charge in [0.2, 0.25) is 0 Å². The lowest BCUT2D eigenvalue weighted by molar-refractivity contribution is 0.364. The van der Waals surface area contributed by atoms with Crippen molar-refractivity contribution in [3.8, 4) is 0 Å². The quantitative estimate of drug-likeness (QED) is 0.738. The SMILES string of the molecule is Fc1ccc(F)c(CC2CCN2)c1. The third-order valence-corrected chi connectivity index (χ3v) is 2.40. The highest BCUT2D eigenvalue weighted by atomic mass is 19.1. The van der Waals surface area contributed by atoms with Crippen LogP contribution in [0.4, 0.5) is 8.78 Å². The fourth-order valence-electron chi connectivity index (χ4n) is 1.49. The number of hydrogen-bond acceptors (Lipinski definition) is 1. The molecule has 0 bridgehead atoms. The van der Waals surface area contributed by atoms with Gasteiger partial charge in [0.25, 0.3) is 0 Å². The van der Waals surface area contributed by atoms with E-state index in [1.165, 1.54) is 12.1 Å². The van der Waals surface area contributed by atoms with Crippen molar-refractivity contribution in [2.75, 3.05) is 6.54 Å². The van der Waals surface area contributed by atoms with Gasteiger partial charge in [0, 0.05) is 6.04 Å². The lowest BCUT2D eigenvalue weighted by Crippen LogP contribution is -2.44. The molecule has 0 spiro atoms. The third-order valence-electron chi connectivity index (χ3n) is 2.40. The normalized spacial score (nSPS) is 21.2. The molecule has 1 nitrogen and oxygen atoms in total. The fraction of sp³-hybridized carbons (Fsp3) is 0.400. The van der Waals surface area contributed by atoms with E-state index in [1.807, 2.05) is 0 Å². The molecular weight excluding hydrogens is 172 g/mol. The molecule has 0 amide bonds. The van der Waals surface area contributed by atoms with Crippen molar-refractivity contribution >= 4 is 0 Å². The maximum Gasteiger partial charge on any atom is 0.126 e. The summed E-state index contributed by atoms with van der Waals surface area (Å²) in [7, 11) is 0. The van der Waals surface area contributed by atoms with E-state index >= 15 is 0 Å². The zero-order valence-electron chi connectivity index (χ0n) is 7.19. The first-order chi connectivity index (χ1) is 6.25. The van der Waals surface area contributed by atoms with Gasteiger partial charge in [-0.05, 0) is 43.1 Å². The van der Waals surface area contributed by atoms with Crippen molar-refractivity contribution in [1.29, 1.82) is 0 Å². The van der Waals surface area contributed by atoms with Crippen LogP contribution in [0.15, 0.2) is 18.2 Å². The standard InChI is InChI=1S/C10H11F2N/c11-8-1-2-10(12)7(5-8)6-9-3-4-13-9/h1-2,5,9,13H,3-4,6H2. The summed E-state index contributed by atoms with van der Waals surface area (Å²) in [5.41, 5.74) is 0.470. The van der Waals surface area contributed by atoms with Crippen LogP contribution in [0.25, 0.3) is 0 Å². The van der Waals surface area contributed by atoms with Crippen molar-refractivity contribution in [3.63, 3.8) is 0 Å². The maximum absolute atomic E-state index is 13.1. The third kappa shape index (κ3) is 1.86. The summed E-state index contributed by atoms with van der Waals surface area (Å²) in [6.07, 6.45) is 1.64. The number of rotatable bonds is 2. The van der Waals surface area contributed by atoms with E-state index in [1.54, 1.807) is 0 Å². The lowest BCUT2D eigenvalue weighted by Gasteiger charge is -2.27. The highest BCUT2D eigenvalue weighted by molar-refractivity contribution is 5.20. The van der Waals surface area contributed by atoms with Crippen LogP contribution in [0.1, 0.15) is 12.0 Å². The molecule has 70 valence electrons. The molecule has 1 aliphatic rings. The van der Waals surface area contributed by atoms with Gasteiger partial charge in [0.1, 0.15) is 11.6 Å². The fourth-order valence-corrected chi connectivity index (χ4v) is 1.49. The van der Waals surface area contributed by atoms with Gasteiger partial charge in [-0.1, -0.05) is 0 Å². The summed E-state index contributed by atoms with van der Waals surface area (Å²) in [5.74, 6) is -0.675. The van der Waals surface area contributed by atoms with E-state index in [9.17, 15) is 8.78 Å². The van der Waals surface area contributed by atoms with E-state index < -0.39 is 0 Å². The van der Waals surface area contributed by atoms with Crippen LogP contribution in [-0.2, 0) is 6.42 Å². The summed E-state index contributed by atoms with van der Waals surface area (Å²) in [6, 6.07) is 3.93. The molecule has 1 aromatic carbocycles. The Morgan fingerprint density at radius 3 is 2.77 bits per heavy atom. The average molecular weight is 183 g/mol. The van der Waals surface area contributed by atoms with E-state index in [0.29, 0.717) is 18.0 Å². The smallest absolute Gasteiger partial charge is 0.126 e. The summed E-state index contributed by atoms with van der Waals surface area (Å²) >= 11 is 0. The monoisotopic (exact) mass is 183 g/mol. The zero-order valence-corrected chi connectivity index (χ0v) is 7.19. The maximum atomic E-state index is 13.1. The van der Waals surface area contributed by atoms with Gasteiger partial charge in [0.05, 0.1) is 0 Å². The molecule has 0 radical (unpaired) electrons. The number of nitrogens with one attached hydrogen (secondary N) is 1. The van der Waals surface area contributed by atoms with Crippen molar-refractivity contribution in [3.05, 3.63) is 35.4 Å². The Morgan fingerprint density at radius 2 is 2.15 bits per heavy atom. The van der Waals surface area contributed by atoms with Crippen molar-refractivity contribution < 1.29 is 8.78 Å². The highest BCUT2D eigenvalue weighted by Crippen LogP contribution is 2.15. The first kappa shape index (κ1) is 8.63. The number of hydrogen-bond donors (Lipinski definition) is 1. The number of benzene rings is 1. The van der Waals surface area contributed by atoms with Crippen LogP contribution in [0.3, 0.4) is 0 Å². The van der Waals surface area contributed by atoms with Crippen molar-refractivity contribution in [1.82, 2.24) is 5.32 Å². The molecule has 0 saturated carbocycles. The topological polar surface area (TPSA) is 12.0 Å². The van der Waals surface area contributed by atoms with E-state index in [0.717, 1.165) is 19.0 Å². The molecular formula is C10H11F2N. The van der Waals surface area contributed by atoms with Gasteiger partial charge >= 0.3 is 0 Å². The van der Waals surface area contributed by atoms with Crippen LogP contribution in [0.2, 0.25) is 0 Å². The average Bonchev–Trinajstić information content (AvgIpc) is 2.03. The van der Waals surface area contributed by atoms with E-state index in [4.69, 9.17) is 0 Å². The molecule has 1 heterocycles. The van der Waals surface area contributed by atoms with E-state index in [2.05, 4.69) is 5.32 Å². The summed E-state index contributed by atoms with van der Waals surface area (Å²) in [6.45, 7) is 0.988.